The van der Waals surface area contributed by atoms with Gasteiger partial charge in [-0.2, -0.15) is 4.68 Å². The molecule has 0 aliphatic heterocycles. The van der Waals surface area contributed by atoms with Crippen LogP contribution in [0.1, 0.15) is 5.82 Å². The van der Waals surface area contributed by atoms with E-state index >= 15 is 0 Å². The Balaban J connectivity index is 2.19. The summed E-state index contributed by atoms with van der Waals surface area (Å²) in [6, 6.07) is 9.85. The standard InChI is InChI=1S/C14H17N5/c1-3-10-18(11-4-2)12-14-15-16-17-19(14)13-8-6-5-7-9-13/h3-9H,1-2,10-12H2. The summed E-state index contributed by atoms with van der Waals surface area (Å²) in [7, 11) is 0. The van der Waals surface area contributed by atoms with Crippen LogP contribution in [0.2, 0.25) is 0 Å². The SMILES string of the molecule is C=CCN(CC=C)Cc1nnnn1-c1ccccc1. The Morgan fingerprint density at radius 3 is 2.42 bits per heavy atom. The van der Waals surface area contributed by atoms with Crippen LogP contribution in [0.4, 0.5) is 0 Å². The molecule has 2 aromatic rings. The molecule has 0 spiro atoms. The molecule has 0 saturated carbocycles. The Kier molecular flexibility index (Phi) is 4.58. The first-order chi connectivity index (χ1) is 9.35. The van der Waals surface area contributed by atoms with Crippen molar-refractivity contribution in [3.63, 3.8) is 0 Å². The fourth-order valence-electron chi connectivity index (χ4n) is 1.84. The Labute approximate surface area is 112 Å². The molecule has 5 heteroatoms. The van der Waals surface area contributed by atoms with E-state index < -0.39 is 0 Å². The first-order valence-electron chi connectivity index (χ1n) is 6.12. The van der Waals surface area contributed by atoms with Gasteiger partial charge in [-0.25, -0.2) is 0 Å². The number of hydrogen-bond donors (Lipinski definition) is 0. The number of rotatable bonds is 7. The van der Waals surface area contributed by atoms with Crippen LogP contribution in [0.15, 0.2) is 55.6 Å². The van der Waals surface area contributed by atoms with Gasteiger partial charge in [-0.15, -0.1) is 18.3 Å². The van der Waals surface area contributed by atoms with Crippen molar-refractivity contribution in [2.75, 3.05) is 13.1 Å². The maximum absolute atomic E-state index is 4.09. The summed E-state index contributed by atoms with van der Waals surface area (Å²) in [6.45, 7) is 9.71. The second-order valence-electron chi connectivity index (χ2n) is 4.11. The van der Waals surface area contributed by atoms with E-state index in [0.717, 1.165) is 24.6 Å². The van der Waals surface area contributed by atoms with Crippen molar-refractivity contribution in [3.8, 4) is 5.69 Å². The van der Waals surface area contributed by atoms with Crippen molar-refractivity contribution in [2.45, 2.75) is 6.54 Å². The van der Waals surface area contributed by atoms with E-state index in [4.69, 9.17) is 0 Å². The highest BCUT2D eigenvalue weighted by molar-refractivity contribution is 5.30. The Bertz CT molecular complexity index is 522. The first-order valence-corrected chi connectivity index (χ1v) is 6.12. The molecule has 0 atom stereocenters. The highest BCUT2D eigenvalue weighted by atomic mass is 15.5. The van der Waals surface area contributed by atoms with Crippen molar-refractivity contribution in [3.05, 3.63) is 61.5 Å². The zero-order valence-corrected chi connectivity index (χ0v) is 10.8. The predicted molar refractivity (Wildman–Crippen MR) is 74.8 cm³/mol. The highest BCUT2D eigenvalue weighted by Crippen LogP contribution is 2.09. The number of benzene rings is 1. The van der Waals surface area contributed by atoms with Gasteiger partial charge in [-0.3, -0.25) is 4.90 Å². The summed E-state index contributed by atoms with van der Waals surface area (Å²) in [5.74, 6) is 0.801. The molecule has 0 unspecified atom stereocenters. The lowest BCUT2D eigenvalue weighted by atomic mass is 10.3. The zero-order chi connectivity index (χ0) is 13.5. The Morgan fingerprint density at radius 1 is 1.11 bits per heavy atom. The largest absolute Gasteiger partial charge is 0.289 e. The monoisotopic (exact) mass is 255 g/mol. The van der Waals surface area contributed by atoms with E-state index in [0.29, 0.717) is 6.54 Å². The van der Waals surface area contributed by atoms with E-state index in [1.165, 1.54) is 0 Å². The van der Waals surface area contributed by atoms with E-state index in [1.807, 2.05) is 42.5 Å². The summed E-state index contributed by atoms with van der Waals surface area (Å²) >= 11 is 0. The quantitative estimate of drug-likeness (QED) is 0.708. The fourth-order valence-corrected chi connectivity index (χ4v) is 1.84. The molecule has 0 aliphatic rings. The summed E-state index contributed by atoms with van der Waals surface area (Å²) in [5.41, 5.74) is 0.958. The van der Waals surface area contributed by atoms with Gasteiger partial charge in [0.2, 0.25) is 0 Å². The lowest BCUT2D eigenvalue weighted by Crippen LogP contribution is -2.25. The molecule has 1 aromatic carbocycles. The van der Waals surface area contributed by atoms with Gasteiger partial charge < -0.3 is 0 Å². The second kappa shape index (κ2) is 6.61. The van der Waals surface area contributed by atoms with Gasteiger partial charge in [0.25, 0.3) is 0 Å². The number of nitrogens with zero attached hydrogens (tertiary/aromatic N) is 5. The van der Waals surface area contributed by atoms with Crippen LogP contribution in [0.3, 0.4) is 0 Å². The molecule has 0 radical (unpaired) electrons. The number of tetrazole rings is 1. The van der Waals surface area contributed by atoms with Crippen LogP contribution in [0.5, 0.6) is 0 Å². The van der Waals surface area contributed by atoms with E-state index in [2.05, 4.69) is 33.6 Å². The summed E-state index contributed by atoms with van der Waals surface area (Å²) in [4.78, 5) is 2.16. The molecule has 5 nitrogen and oxygen atoms in total. The molecule has 1 heterocycles. The number of para-hydroxylation sites is 1. The third kappa shape index (κ3) is 3.35. The maximum Gasteiger partial charge on any atom is 0.170 e. The van der Waals surface area contributed by atoms with Crippen LogP contribution < -0.4 is 0 Å². The van der Waals surface area contributed by atoms with Crippen LogP contribution in [0.25, 0.3) is 5.69 Å². The zero-order valence-electron chi connectivity index (χ0n) is 10.8. The summed E-state index contributed by atoms with van der Waals surface area (Å²) in [6.07, 6.45) is 3.72. The van der Waals surface area contributed by atoms with E-state index in [-0.39, 0.29) is 0 Å². The van der Waals surface area contributed by atoms with Crippen molar-refractivity contribution >= 4 is 0 Å². The number of aromatic nitrogens is 4. The van der Waals surface area contributed by atoms with Gasteiger partial charge in [0, 0.05) is 13.1 Å². The van der Waals surface area contributed by atoms with Crippen molar-refractivity contribution in [1.29, 1.82) is 0 Å². The van der Waals surface area contributed by atoms with Crippen LogP contribution in [-0.4, -0.2) is 38.2 Å². The Morgan fingerprint density at radius 2 is 1.79 bits per heavy atom. The topological polar surface area (TPSA) is 46.8 Å². The Hall–Kier alpha value is -2.27. The molecular weight excluding hydrogens is 238 g/mol. The normalized spacial score (nSPS) is 10.6. The van der Waals surface area contributed by atoms with Crippen molar-refractivity contribution in [2.24, 2.45) is 0 Å². The molecular formula is C14H17N5. The average molecular weight is 255 g/mol. The van der Waals surface area contributed by atoms with Crippen molar-refractivity contribution in [1.82, 2.24) is 25.1 Å². The van der Waals surface area contributed by atoms with Gasteiger partial charge in [0.05, 0.1) is 12.2 Å². The van der Waals surface area contributed by atoms with E-state index in [9.17, 15) is 0 Å². The molecule has 2 rings (SSSR count). The molecule has 0 amide bonds. The highest BCUT2D eigenvalue weighted by Gasteiger charge is 2.11. The predicted octanol–water partition coefficient (Wildman–Crippen LogP) is 1.84. The van der Waals surface area contributed by atoms with Crippen LogP contribution in [0, 0.1) is 0 Å². The molecule has 0 fully saturated rings. The third-order valence-electron chi connectivity index (χ3n) is 2.67. The number of hydrogen-bond acceptors (Lipinski definition) is 4. The second-order valence-corrected chi connectivity index (χ2v) is 4.11. The smallest absolute Gasteiger partial charge is 0.170 e. The summed E-state index contributed by atoms with van der Waals surface area (Å²) in [5, 5.41) is 11.9. The first kappa shape index (κ1) is 13.2. The molecule has 0 N–H and O–H groups in total. The minimum atomic E-state index is 0.653. The minimum absolute atomic E-state index is 0.653. The van der Waals surface area contributed by atoms with Gasteiger partial charge >= 0.3 is 0 Å². The third-order valence-corrected chi connectivity index (χ3v) is 2.67. The lowest BCUT2D eigenvalue weighted by molar-refractivity contribution is 0.316. The molecule has 98 valence electrons. The van der Waals surface area contributed by atoms with Gasteiger partial charge in [-0.1, -0.05) is 30.4 Å². The van der Waals surface area contributed by atoms with Gasteiger partial charge in [0.1, 0.15) is 0 Å². The molecule has 0 aliphatic carbocycles. The molecule has 1 aromatic heterocycles. The van der Waals surface area contributed by atoms with Crippen LogP contribution in [-0.2, 0) is 6.54 Å². The van der Waals surface area contributed by atoms with Gasteiger partial charge in [0.15, 0.2) is 5.82 Å². The van der Waals surface area contributed by atoms with Crippen LogP contribution >= 0.6 is 0 Å². The molecule has 19 heavy (non-hydrogen) atoms. The maximum atomic E-state index is 4.09. The minimum Gasteiger partial charge on any atom is -0.289 e. The fraction of sp³-hybridized carbons (Fsp3) is 0.214. The van der Waals surface area contributed by atoms with Gasteiger partial charge in [-0.05, 0) is 22.6 Å². The molecule has 0 saturated heterocycles. The molecule has 0 bridgehead atoms. The lowest BCUT2D eigenvalue weighted by Gasteiger charge is -2.17. The summed E-state index contributed by atoms with van der Waals surface area (Å²) < 4.78 is 1.75. The van der Waals surface area contributed by atoms with Crippen molar-refractivity contribution < 1.29 is 0 Å². The average Bonchev–Trinajstić information content (AvgIpc) is 2.88. The van der Waals surface area contributed by atoms with E-state index in [1.54, 1.807) is 4.68 Å².